The molecule has 0 aromatic heterocycles. The maximum Gasteiger partial charge on any atom is 0.252 e. The summed E-state index contributed by atoms with van der Waals surface area (Å²) < 4.78 is 26.5. The van der Waals surface area contributed by atoms with Gasteiger partial charge in [0.05, 0.1) is 6.04 Å². The Kier molecular flexibility index (Phi) is 4.13. The Bertz CT molecular complexity index is 640. The molecule has 0 aliphatic carbocycles. The fourth-order valence-corrected chi connectivity index (χ4v) is 2.03. The van der Waals surface area contributed by atoms with Crippen LogP contribution in [0.2, 0.25) is 0 Å². The van der Waals surface area contributed by atoms with Gasteiger partial charge in [0.25, 0.3) is 5.91 Å². The van der Waals surface area contributed by atoms with E-state index in [0.29, 0.717) is 5.56 Å². The van der Waals surface area contributed by atoms with Crippen molar-refractivity contribution in [3.63, 3.8) is 0 Å². The van der Waals surface area contributed by atoms with Crippen molar-refractivity contribution < 1.29 is 13.6 Å². The van der Waals surface area contributed by atoms with Gasteiger partial charge in [0.1, 0.15) is 11.6 Å². The molecule has 0 radical (unpaired) electrons. The quantitative estimate of drug-likeness (QED) is 0.907. The molecule has 20 heavy (non-hydrogen) atoms. The van der Waals surface area contributed by atoms with Crippen molar-refractivity contribution in [1.29, 1.82) is 0 Å². The Morgan fingerprint density at radius 3 is 2.50 bits per heavy atom. The Morgan fingerprint density at radius 2 is 1.85 bits per heavy atom. The van der Waals surface area contributed by atoms with E-state index >= 15 is 0 Å². The number of hydrogen-bond donors (Lipinski definition) is 1. The highest BCUT2D eigenvalue weighted by atomic mass is 19.1. The second-order valence-electron chi connectivity index (χ2n) is 4.68. The predicted molar refractivity (Wildman–Crippen MR) is 73.4 cm³/mol. The lowest BCUT2D eigenvalue weighted by atomic mass is 10.1. The molecular weight excluding hydrogens is 260 g/mol. The summed E-state index contributed by atoms with van der Waals surface area (Å²) in [6, 6.07) is 9.94. The molecule has 1 amide bonds. The normalized spacial score (nSPS) is 12.0. The smallest absolute Gasteiger partial charge is 0.252 e. The number of rotatable bonds is 3. The largest absolute Gasteiger partial charge is 0.345 e. The summed E-state index contributed by atoms with van der Waals surface area (Å²) in [5.74, 6) is -1.58. The summed E-state index contributed by atoms with van der Waals surface area (Å²) in [7, 11) is 0. The van der Waals surface area contributed by atoms with Gasteiger partial charge in [0, 0.05) is 17.2 Å². The zero-order chi connectivity index (χ0) is 14.7. The Labute approximate surface area is 116 Å². The first kappa shape index (κ1) is 14.2. The number of benzene rings is 2. The number of aryl methyl sites for hydroxylation is 1. The predicted octanol–water partition coefficient (Wildman–Crippen LogP) is 3.76. The average molecular weight is 275 g/mol. The van der Waals surface area contributed by atoms with Crippen LogP contribution in [0.3, 0.4) is 0 Å². The Hall–Kier alpha value is -2.23. The molecule has 2 aromatic rings. The third kappa shape index (κ3) is 3.02. The highest BCUT2D eigenvalue weighted by Crippen LogP contribution is 2.18. The summed E-state index contributed by atoms with van der Waals surface area (Å²) in [5.41, 5.74) is 1.65. The summed E-state index contributed by atoms with van der Waals surface area (Å²) >= 11 is 0. The molecule has 4 heteroatoms. The van der Waals surface area contributed by atoms with Crippen molar-refractivity contribution in [2.45, 2.75) is 19.9 Å². The van der Waals surface area contributed by atoms with Gasteiger partial charge in [0.15, 0.2) is 0 Å². The standard InChI is InChI=1S/C16H15F2NO/c1-10-5-3-4-6-13(10)16(20)19-11(2)14-8-7-12(17)9-15(14)18/h3-9,11H,1-2H3,(H,19,20). The number of halogens is 2. The van der Waals surface area contributed by atoms with Gasteiger partial charge in [-0.25, -0.2) is 8.78 Å². The molecule has 0 aliphatic rings. The first-order chi connectivity index (χ1) is 9.49. The zero-order valence-electron chi connectivity index (χ0n) is 11.3. The Morgan fingerprint density at radius 1 is 1.15 bits per heavy atom. The molecule has 0 fully saturated rings. The molecule has 0 bridgehead atoms. The molecule has 2 aromatic carbocycles. The van der Waals surface area contributed by atoms with Crippen LogP contribution in [0.15, 0.2) is 42.5 Å². The lowest BCUT2D eigenvalue weighted by Gasteiger charge is -2.16. The molecule has 2 nitrogen and oxygen atoms in total. The number of amides is 1. The van der Waals surface area contributed by atoms with Crippen LogP contribution in [-0.4, -0.2) is 5.91 Å². The first-order valence-electron chi connectivity index (χ1n) is 6.30. The molecule has 1 N–H and O–H groups in total. The topological polar surface area (TPSA) is 29.1 Å². The minimum absolute atomic E-state index is 0.258. The zero-order valence-corrected chi connectivity index (χ0v) is 11.3. The van der Waals surface area contributed by atoms with E-state index in [1.165, 1.54) is 12.1 Å². The van der Waals surface area contributed by atoms with E-state index in [9.17, 15) is 13.6 Å². The fraction of sp³-hybridized carbons (Fsp3) is 0.188. The van der Waals surface area contributed by atoms with E-state index in [2.05, 4.69) is 5.32 Å². The fourth-order valence-electron chi connectivity index (χ4n) is 2.03. The van der Waals surface area contributed by atoms with Gasteiger partial charge in [-0.3, -0.25) is 4.79 Å². The molecule has 0 saturated carbocycles. The van der Waals surface area contributed by atoms with Crippen molar-refractivity contribution in [1.82, 2.24) is 5.32 Å². The number of carbonyl (C=O) groups excluding carboxylic acids is 1. The molecule has 0 aliphatic heterocycles. The molecule has 104 valence electrons. The van der Waals surface area contributed by atoms with Gasteiger partial charge in [-0.2, -0.15) is 0 Å². The number of hydrogen-bond acceptors (Lipinski definition) is 1. The van der Waals surface area contributed by atoms with Crippen LogP contribution in [0.25, 0.3) is 0 Å². The molecule has 2 rings (SSSR count). The summed E-state index contributed by atoms with van der Waals surface area (Å²) in [6.45, 7) is 3.49. The molecule has 0 heterocycles. The van der Waals surface area contributed by atoms with Crippen molar-refractivity contribution in [3.05, 3.63) is 70.8 Å². The van der Waals surface area contributed by atoms with E-state index in [4.69, 9.17) is 0 Å². The van der Waals surface area contributed by atoms with Gasteiger partial charge in [-0.05, 0) is 31.5 Å². The maximum absolute atomic E-state index is 13.6. The van der Waals surface area contributed by atoms with Crippen molar-refractivity contribution in [2.75, 3.05) is 0 Å². The van der Waals surface area contributed by atoms with Crippen LogP contribution in [0.1, 0.15) is 34.5 Å². The van der Waals surface area contributed by atoms with E-state index < -0.39 is 17.7 Å². The minimum atomic E-state index is -0.664. The van der Waals surface area contributed by atoms with Gasteiger partial charge >= 0.3 is 0 Å². The van der Waals surface area contributed by atoms with E-state index in [1.807, 2.05) is 19.1 Å². The van der Waals surface area contributed by atoms with Crippen LogP contribution >= 0.6 is 0 Å². The summed E-state index contributed by atoms with van der Waals surface area (Å²) in [6.07, 6.45) is 0. The number of carbonyl (C=O) groups is 1. The highest BCUT2D eigenvalue weighted by molar-refractivity contribution is 5.95. The van der Waals surface area contributed by atoms with Gasteiger partial charge in [-0.1, -0.05) is 24.3 Å². The molecular formula is C16H15F2NO. The molecule has 1 unspecified atom stereocenters. The van der Waals surface area contributed by atoms with Crippen molar-refractivity contribution in [2.24, 2.45) is 0 Å². The highest BCUT2D eigenvalue weighted by Gasteiger charge is 2.16. The SMILES string of the molecule is Cc1ccccc1C(=O)NC(C)c1ccc(F)cc1F. The van der Waals surface area contributed by atoms with Crippen LogP contribution in [0.4, 0.5) is 8.78 Å². The second kappa shape index (κ2) is 5.82. The summed E-state index contributed by atoms with van der Waals surface area (Å²) in [4.78, 5) is 12.1. The molecule has 0 spiro atoms. The van der Waals surface area contributed by atoms with E-state index in [1.54, 1.807) is 19.1 Å². The molecule has 1 atom stereocenters. The lowest BCUT2D eigenvalue weighted by molar-refractivity contribution is 0.0939. The average Bonchev–Trinajstić information content (AvgIpc) is 2.38. The van der Waals surface area contributed by atoms with E-state index in [0.717, 1.165) is 11.6 Å². The summed E-state index contributed by atoms with van der Waals surface area (Å²) in [5, 5.41) is 2.71. The van der Waals surface area contributed by atoms with Crippen molar-refractivity contribution >= 4 is 5.91 Å². The van der Waals surface area contributed by atoms with Gasteiger partial charge in [-0.15, -0.1) is 0 Å². The monoisotopic (exact) mass is 275 g/mol. The van der Waals surface area contributed by atoms with Gasteiger partial charge < -0.3 is 5.32 Å². The lowest BCUT2D eigenvalue weighted by Crippen LogP contribution is -2.27. The Balaban J connectivity index is 2.17. The first-order valence-corrected chi connectivity index (χ1v) is 6.30. The number of nitrogens with one attached hydrogen (secondary N) is 1. The minimum Gasteiger partial charge on any atom is -0.345 e. The van der Waals surface area contributed by atoms with Crippen molar-refractivity contribution in [3.8, 4) is 0 Å². The van der Waals surface area contributed by atoms with Gasteiger partial charge in [0.2, 0.25) is 0 Å². The second-order valence-corrected chi connectivity index (χ2v) is 4.68. The van der Waals surface area contributed by atoms with Crippen LogP contribution in [0.5, 0.6) is 0 Å². The molecule has 0 saturated heterocycles. The third-order valence-electron chi connectivity index (χ3n) is 3.17. The maximum atomic E-state index is 13.6. The van der Waals surface area contributed by atoms with Crippen LogP contribution in [-0.2, 0) is 0 Å². The van der Waals surface area contributed by atoms with Crippen LogP contribution < -0.4 is 5.32 Å². The van der Waals surface area contributed by atoms with Crippen LogP contribution in [0, 0.1) is 18.6 Å². The third-order valence-corrected chi connectivity index (χ3v) is 3.17. The van der Waals surface area contributed by atoms with E-state index in [-0.39, 0.29) is 11.5 Å².